The monoisotopic (exact) mass is 254 g/mol. The molecule has 0 aliphatic carbocycles. The molecule has 0 bridgehead atoms. The summed E-state index contributed by atoms with van der Waals surface area (Å²) in [5.74, 6) is 0.767. The lowest BCUT2D eigenvalue weighted by Gasteiger charge is -1.98. The molecule has 0 radical (unpaired) electrons. The van der Waals surface area contributed by atoms with Crippen LogP contribution < -0.4 is 5.73 Å². The first-order valence-corrected chi connectivity index (χ1v) is 5.64. The summed E-state index contributed by atoms with van der Waals surface area (Å²) in [4.78, 5) is 15.3. The number of rotatable bonds is 4. The smallest absolute Gasteiger partial charge is 0.341 e. The van der Waals surface area contributed by atoms with Crippen LogP contribution in [0.1, 0.15) is 16.1 Å². The average Bonchev–Trinajstić information content (AvgIpc) is 2.94. The minimum atomic E-state index is -0.427. The van der Waals surface area contributed by atoms with Gasteiger partial charge in [0.2, 0.25) is 11.1 Å². The number of aromatic nitrogens is 3. The number of furan rings is 1. The number of nitrogens with zero attached hydrogens (tertiary/aromatic N) is 2. The van der Waals surface area contributed by atoms with Crippen molar-refractivity contribution in [3.05, 3.63) is 23.7 Å². The quantitative estimate of drug-likeness (QED) is 0.620. The fourth-order valence-electron chi connectivity index (χ4n) is 1.20. The van der Waals surface area contributed by atoms with Crippen LogP contribution in [-0.4, -0.2) is 28.3 Å². The molecule has 0 aromatic carbocycles. The van der Waals surface area contributed by atoms with Gasteiger partial charge in [0.1, 0.15) is 11.3 Å². The molecule has 0 unspecified atom stereocenters. The van der Waals surface area contributed by atoms with E-state index in [1.807, 2.05) is 0 Å². The molecular weight excluding hydrogens is 244 g/mol. The van der Waals surface area contributed by atoms with E-state index in [1.165, 1.54) is 25.1 Å². The number of anilines is 1. The highest BCUT2D eigenvalue weighted by atomic mass is 32.2. The molecule has 3 N–H and O–H groups in total. The molecule has 2 aromatic rings. The van der Waals surface area contributed by atoms with E-state index in [2.05, 4.69) is 19.9 Å². The van der Waals surface area contributed by atoms with Crippen molar-refractivity contribution < 1.29 is 13.9 Å². The van der Waals surface area contributed by atoms with E-state index in [1.54, 1.807) is 6.07 Å². The number of hydrogen-bond donors (Lipinski definition) is 2. The van der Waals surface area contributed by atoms with Gasteiger partial charge in [-0.3, -0.25) is 0 Å². The normalized spacial score (nSPS) is 10.4. The number of H-pyrrole nitrogens is 1. The maximum Gasteiger partial charge on any atom is 0.341 e. The zero-order valence-corrected chi connectivity index (χ0v) is 9.78. The minimum absolute atomic E-state index is 0.250. The highest BCUT2D eigenvalue weighted by molar-refractivity contribution is 7.98. The van der Waals surface area contributed by atoms with Crippen molar-refractivity contribution >= 4 is 23.7 Å². The van der Waals surface area contributed by atoms with E-state index in [4.69, 9.17) is 10.2 Å². The third-order valence-corrected chi connectivity index (χ3v) is 2.81. The Morgan fingerprint density at radius 3 is 3.18 bits per heavy atom. The lowest BCUT2D eigenvalue weighted by Crippen LogP contribution is -2.02. The van der Waals surface area contributed by atoms with Crippen molar-refractivity contribution in [1.29, 1.82) is 0 Å². The Labute approximate surface area is 101 Å². The van der Waals surface area contributed by atoms with Gasteiger partial charge in [-0.25, -0.2) is 9.89 Å². The molecule has 0 amide bonds. The molecule has 0 fully saturated rings. The summed E-state index contributed by atoms with van der Waals surface area (Å²) >= 11 is 1.31. The van der Waals surface area contributed by atoms with E-state index in [-0.39, 0.29) is 5.95 Å². The number of carbonyl (C=O) groups excluding carboxylic acids is 1. The zero-order chi connectivity index (χ0) is 12.3. The van der Waals surface area contributed by atoms with Crippen molar-refractivity contribution in [3.63, 3.8) is 0 Å². The molecule has 7 nitrogen and oxygen atoms in total. The Balaban J connectivity index is 2.04. The Morgan fingerprint density at radius 1 is 1.71 bits per heavy atom. The maximum absolute atomic E-state index is 11.4. The van der Waals surface area contributed by atoms with Gasteiger partial charge in [-0.05, 0) is 6.07 Å². The first-order chi connectivity index (χ1) is 8.20. The first kappa shape index (κ1) is 11.5. The van der Waals surface area contributed by atoms with Gasteiger partial charge in [0.05, 0.1) is 19.1 Å². The van der Waals surface area contributed by atoms with Crippen molar-refractivity contribution in [2.45, 2.75) is 10.9 Å². The van der Waals surface area contributed by atoms with Crippen LogP contribution in [0.5, 0.6) is 0 Å². The average molecular weight is 254 g/mol. The topological polar surface area (TPSA) is 107 Å². The number of carbonyl (C=O) groups is 1. The van der Waals surface area contributed by atoms with Crippen molar-refractivity contribution in [2.75, 3.05) is 12.8 Å². The molecule has 0 aliphatic rings. The van der Waals surface area contributed by atoms with Gasteiger partial charge >= 0.3 is 5.97 Å². The number of methoxy groups -OCH3 is 1. The Kier molecular flexibility index (Phi) is 3.33. The molecule has 0 saturated heterocycles. The van der Waals surface area contributed by atoms with E-state index < -0.39 is 5.97 Å². The number of nitrogen functional groups attached to an aromatic ring is 1. The van der Waals surface area contributed by atoms with E-state index in [0.717, 1.165) is 0 Å². The Morgan fingerprint density at radius 2 is 2.53 bits per heavy atom. The SMILES string of the molecule is COC(=O)c1ccoc1CSc1n[nH]c(N)n1. The molecule has 0 spiro atoms. The van der Waals surface area contributed by atoms with Crippen LogP contribution in [0, 0.1) is 0 Å². The number of nitrogens with two attached hydrogens (primary N) is 1. The van der Waals surface area contributed by atoms with E-state index >= 15 is 0 Å². The van der Waals surface area contributed by atoms with Crippen LogP contribution in [0.4, 0.5) is 5.95 Å². The van der Waals surface area contributed by atoms with E-state index in [0.29, 0.717) is 22.2 Å². The second-order valence-electron chi connectivity index (χ2n) is 3.04. The molecule has 2 rings (SSSR count). The van der Waals surface area contributed by atoms with Gasteiger partial charge in [0.25, 0.3) is 0 Å². The predicted octanol–water partition coefficient (Wildman–Crippen LogP) is 1.06. The molecular formula is C9H10N4O3S. The lowest BCUT2D eigenvalue weighted by atomic mass is 10.3. The van der Waals surface area contributed by atoms with Gasteiger partial charge < -0.3 is 14.9 Å². The number of esters is 1. The van der Waals surface area contributed by atoms with Crippen LogP contribution in [0.3, 0.4) is 0 Å². The molecule has 0 saturated carbocycles. The number of aromatic amines is 1. The fourth-order valence-corrected chi connectivity index (χ4v) is 1.95. The molecule has 2 aromatic heterocycles. The summed E-state index contributed by atoms with van der Waals surface area (Å²) in [6.07, 6.45) is 1.44. The molecule has 17 heavy (non-hydrogen) atoms. The number of thioether (sulfide) groups is 1. The summed E-state index contributed by atoms with van der Waals surface area (Å²) < 4.78 is 9.82. The third-order valence-electron chi connectivity index (χ3n) is 1.97. The zero-order valence-electron chi connectivity index (χ0n) is 8.97. The minimum Gasteiger partial charge on any atom is -0.468 e. The predicted molar refractivity (Wildman–Crippen MR) is 60.4 cm³/mol. The molecule has 0 aliphatic heterocycles. The molecule has 0 atom stereocenters. The van der Waals surface area contributed by atoms with Crippen LogP contribution in [0.15, 0.2) is 21.9 Å². The largest absolute Gasteiger partial charge is 0.468 e. The summed E-state index contributed by atoms with van der Waals surface area (Å²) in [5, 5.41) is 6.87. The highest BCUT2D eigenvalue weighted by Gasteiger charge is 2.15. The van der Waals surface area contributed by atoms with Crippen LogP contribution >= 0.6 is 11.8 Å². The summed E-state index contributed by atoms with van der Waals surface area (Å²) in [6, 6.07) is 1.56. The van der Waals surface area contributed by atoms with Gasteiger partial charge in [0.15, 0.2) is 0 Å². The second kappa shape index (κ2) is 4.91. The van der Waals surface area contributed by atoms with Crippen molar-refractivity contribution in [2.24, 2.45) is 0 Å². The van der Waals surface area contributed by atoms with E-state index in [9.17, 15) is 4.79 Å². The Hall–Kier alpha value is -1.96. The van der Waals surface area contributed by atoms with Crippen LogP contribution in [-0.2, 0) is 10.5 Å². The van der Waals surface area contributed by atoms with Gasteiger partial charge in [-0.2, -0.15) is 4.98 Å². The first-order valence-electron chi connectivity index (χ1n) is 4.66. The summed E-state index contributed by atoms with van der Waals surface area (Å²) in [5.41, 5.74) is 5.79. The molecule has 8 heteroatoms. The third kappa shape index (κ3) is 2.59. The maximum atomic E-state index is 11.4. The summed E-state index contributed by atoms with van der Waals surface area (Å²) in [6.45, 7) is 0. The molecule has 2 heterocycles. The van der Waals surface area contributed by atoms with Crippen molar-refractivity contribution in [1.82, 2.24) is 15.2 Å². The second-order valence-corrected chi connectivity index (χ2v) is 3.98. The highest BCUT2D eigenvalue weighted by Crippen LogP contribution is 2.22. The van der Waals surface area contributed by atoms with Crippen LogP contribution in [0.25, 0.3) is 0 Å². The van der Waals surface area contributed by atoms with Gasteiger partial charge in [-0.15, -0.1) is 5.10 Å². The lowest BCUT2D eigenvalue weighted by molar-refractivity contribution is 0.0598. The summed E-state index contributed by atoms with van der Waals surface area (Å²) in [7, 11) is 1.32. The van der Waals surface area contributed by atoms with Gasteiger partial charge in [0, 0.05) is 0 Å². The number of ether oxygens (including phenoxy) is 1. The molecule has 90 valence electrons. The fraction of sp³-hybridized carbons (Fsp3) is 0.222. The van der Waals surface area contributed by atoms with Gasteiger partial charge in [-0.1, -0.05) is 11.8 Å². The Bertz CT molecular complexity index is 522. The standard InChI is InChI=1S/C9H10N4O3S/c1-15-7(14)5-2-3-16-6(5)4-17-9-11-8(10)12-13-9/h2-3H,4H2,1H3,(H3,10,11,12,13). The number of hydrogen-bond acceptors (Lipinski definition) is 7. The number of nitrogens with one attached hydrogen (secondary N) is 1. The van der Waals surface area contributed by atoms with Crippen molar-refractivity contribution in [3.8, 4) is 0 Å². The van der Waals surface area contributed by atoms with Crippen LogP contribution in [0.2, 0.25) is 0 Å².